The van der Waals surface area contributed by atoms with Crippen molar-refractivity contribution in [3.05, 3.63) is 26.4 Å². The van der Waals surface area contributed by atoms with Crippen molar-refractivity contribution >= 4 is 39.3 Å². The summed E-state index contributed by atoms with van der Waals surface area (Å²) in [5, 5.41) is 7.77. The second-order valence-electron chi connectivity index (χ2n) is 2.94. The summed E-state index contributed by atoms with van der Waals surface area (Å²) >= 11 is 10.4. The summed E-state index contributed by atoms with van der Waals surface area (Å²) < 4.78 is 2.09. The maximum atomic E-state index is 11.4. The average molecular weight is 337 g/mol. The van der Waals surface area contributed by atoms with Crippen LogP contribution in [0.15, 0.2) is 25.8 Å². The number of aromatic nitrogens is 5. The largest absolute Gasteiger partial charge is 0.343 e. The third-order valence-electron chi connectivity index (χ3n) is 1.94. The topological polar surface area (TPSA) is 76.5 Å². The molecule has 0 aromatic carbocycles. The highest BCUT2D eigenvalue weighted by molar-refractivity contribution is 9.10. The number of hydrogen-bond acceptors (Lipinski definition) is 5. The molecule has 9 heteroatoms. The lowest BCUT2D eigenvalue weighted by molar-refractivity contribution is 0.660. The Kier molecular flexibility index (Phi) is 3.85. The van der Waals surface area contributed by atoms with Crippen molar-refractivity contribution < 1.29 is 0 Å². The molecule has 0 spiro atoms. The van der Waals surface area contributed by atoms with Crippen LogP contribution in [0, 0.1) is 0 Å². The Bertz CT molecular complexity index is 598. The highest BCUT2D eigenvalue weighted by Gasteiger charge is 2.13. The normalized spacial score (nSPS) is 10.8. The van der Waals surface area contributed by atoms with Crippen LogP contribution in [0.2, 0.25) is 5.15 Å². The van der Waals surface area contributed by atoms with E-state index < -0.39 is 0 Å². The molecule has 0 aliphatic rings. The third-order valence-corrected chi connectivity index (χ3v) is 4.47. The van der Waals surface area contributed by atoms with Gasteiger partial charge in [-0.15, -0.1) is 5.10 Å². The predicted molar refractivity (Wildman–Crippen MR) is 67.4 cm³/mol. The van der Waals surface area contributed by atoms with Crippen molar-refractivity contribution in [2.45, 2.75) is 23.7 Å². The van der Waals surface area contributed by atoms with Crippen LogP contribution < -0.4 is 5.69 Å². The molecule has 1 N–H and O–H groups in total. The molecule has 2 aromatic heterocycles. The SMILES string of the molecule is CCn1c(Sc2ncnc(Cl)c2Br)n[nH]c1=O. The number of aromatic amines is 1. The summed E-state index contributed by atoms with van der Waals surface area (Å²) in [6, 6.07) is 0. The van der Waals surface area contributed by atoms with Crippen molar-refractivity contribution in [2.24, 2.45) is 0 Å². The molecule has 2 aromatic rings. The van der Waals surface area contributed by atoms with Gasteiger partial charge in [0, 0.05) is 6.54 Å². The maximum Gasteiger partial charge on any atom is 0.343 e. The molecule has 6 nitrogen and oxygen atoms in total. The van der Waals surface area contributed by atoms with Crippen LogP contribution >= 0.6 is 39.3 Å². The third kappa shape index (κ3) is 2.53. The van der Waals surface area contributed by atoms with E-state index in [1.54, 1.807) is 0 Å². The monoisotopic (exact) mass is 335 g/mol. The fraction of sp³-hybridized carbons (Fsp3) is 0.250. The van der Waals surface area contributed by atoms with Crippen molar-refractivity contribution in [3.8, 4) is 0 Å². The molecule has 0 saturated carbocycles. The number of halogens is 2. The molecule has 90 valence electrons. The van der Waals surface area contributed by atoms with E-state index in [1.165, 1.54) is 22.7 Å². The van der Waals surface area contributed by atoms with Crippen LogP contribution in [0.3, 0.4) is 0 Å². The number of H-pyrrole nitrogens is 1. The van der Waals surface area contributed by atoms with Crippen LogP contribution in [-0.4, -0.2) is 24.7 Å². The van der Waals surface area contributed by atoms with E-state index in [9.17, 15) is 4.79 Å². The van der Waals surface area contributed by atoms with Crippen LogP contribution in [0.25, 0.3) is 0 Å². The lowest BCUT2D eigenvalue weighted by Gasteiger charge is -2.03. The van der Waals surface area contributed by atoms with Crippen molar-refractivity contribution in [2.75, 3.05) is 0 Å². The minimum absolute atomic E-state index is 0.244. The lowest BCUT2D eigenvalue weighted by Crippen LogP contribution is -2.16. The van der Waals surface area contributed by atoms with Crippen molar-refractivity contribution in [3.63, 3.8) is 0 Å². The van der Waals surface area contributed by atoms with Gasteiger partial charge in [0.2, 0.25) is 0 Å². The van der Waals surface area contributed by atoms with E-state index in [4.69, 9.17) is 11.6 Å². The Labute approximate surface area is 114 Å². The van der Waals surface area contributed by atoms with Crippen LogP contribution in [-0.2, 0) is 6.54 Å². The fourth-order valence-electron chi connectivity index (χ4n) is 1.15. The van der Waals surface area contributed by atoms with Gasteiger partial charge in [-0.05, 0) is 34.6 Å². The minimum atomic E-state index is -0.244. The molecule has 0 aliphatic carbocycles. The first-order valence-corrected chi connectivity index (χ1v) is 6.61. The first-order chi connectivity index (χ1) is 8.13. The van der Waals surface area contributed by atoms with Gasteiger partial charge < -0.3 is 0 Å². The molecule has 17 heavy (non-hydrogen) atoms. The first-order valence-electron chi connectivity index (χ1n) is 4.62. The van der Waals surface area contributed by atoms with Crippen molar-refractivity contribution in [1.29, 1.82) is 0 Å². The number of nitrogens with one attached hydrogen (secondary N) is 1. The summed E-state index contributed by atoms with van der Waals surface area (Å²) in [7, 11) is 0. The predicted octanol–water partition coefficient (Wildman–Crippen LogP) is 1.95. The Balaban J connectivity index is 2.38. The number of rotatable bonds is 3. The van der Waals surface area contributed by atoms with E-state index in [0.717, 1.165) is 0 Å². The van der Waals surface area contributed by atoms with Gasteiger partial charge >= 0.3 is 5.69 Å². The van der Waals surface area contributed by atoms with Gasteiger partial charge in [0.05, 0.1) is 4.47 Å². The summed E-state index contributed by atoms with van der Waals surface area (Å²) in [5.41, 5.74) is -0.244. The van der Waals surface area contributed by atoms with Gasteiger partial charge in [0.25, 0.3) is 0 Å². The molecule has 2 rings (SSSR count). The smallest absolute Gasteiger partial charge is 0.270 e. The summed E-state index contributed by atoms with van der Waals surface area (Å²) in [6.07, 6.45) is 1.36. The highest BCUT2D eigenvalue weighted by atomic mass is 79.9. The molecule has 0 unspecified atom stereocenters. The summed E-state index contributed by atoms with van der Waals surface area (Å²) in [5.74, 6) is 0. The van der Waals surface area contributed by atoms with Crippen LogP contribution in [0.5, 0.6) is 0 Å². The molecule has 0 atom stereocenters. The average Bonchev–Trinajstić information content (AvgIpc) is 2.66. The molecule has 0 radical (unpaired) electrons. The van der Waals surface area contributed by atoms with E-state index in [2.05, 4.69) is 36.1 Å². The quantitative estimate of drug-likeness (QED) is 0.867. The molecule has 0 aliphatic heterocycles. The van der Waals surface area contributed by atoms with E-state index >= 15 is 0 Å². The molecule has 2 heterocycles. The maximum absolute atomic E-state index is 11.4. The highest BCUT2D eigenvalue weighted by Crippen LogP contribution is 2.32. The molecule has 0 fully saturated rings. The number of nitrogens with zero attached hydrogens (tertiary/aromatic N) is 4. The summed E-state index contributed by atoms with van der Waals surface area (Å²) in [6.45, 7) is 2.40. The van der Waals surface area contributed by atoms with Crippen LogP contribution in [0.4, 0.5) is 0 Å². The second kappa shape index (κ2) is 5.19. The summed E-state index contributed by atoms with van der Waals surface area (Å²) in [4.78, 5) is 19.3. The Morgan fingerprint density at radius 1 is 1.59 bits per heavy atom. The molecule has 0 saturated heterocycles. The molecular weight excluding hydrogens is 330 g/mol. The lowest BCUT2D eigenvalue weighted by atomic mass is 10.7. The standard InChI is InChI=1S/C8H7BrClN5OS/c1-2-15-7(16)13-14-8(15)17-6-4(9)5(10)11-3-12-6/h3H,2H2,1H3,(H,13,16). The second-order valence-corrected chi connectivity index (χ2v) is 5.05. The van der Waals surface area contributed by atoms with E-state index in [-0.39, 0.29) is 5.69 Å². The van der Waals surface area contributed by atoms with Gasteiger partial charge in [-0.25, -0.2) is 19.9 Å². The zero-order chi connectivity index (χ0) is 12.4. The van der Waals surface area contributed by atoms with Gasteiger partial charge in [-0.3, -0.25) is 4.57 Å². The Hall–Kier alpha value is -0.860. The Morgan fingerprint density at radius 2 is 2.35 bits per heavy atom. The van der Waals surface area contributed by atoms with Crippen LogP contribution in [0.1, 0.15) is 6.92 Å². The molecule has 0 bridgehead atoms. The van der Waals surface area contributed by atoms with Gasteiger partial charge in [0.1, 0.15) is 16.5 Å². The molecule has 0 amide bonds. The van der Waals surface area contributed by atoms with Gasteiger partial charge in [-0.1, -0.05) is 11.6 Å². The van der Waals surface area contributed by atoms with Gasteiger partial charge in [0.15, 0.2) is 5.16 Å². The minimum Gasteiger partial charge on any atom is -0.270 e. The zero-order valence-electron chi connectivity index (χ0n) is 8.65. The van der Waals surface area contributed by atoms with Crippen molar-refractivity contribution in [1.82, 2.24) is 24.7 Å². The van der Waals surface area contributed by atoms with E-state index in [1.807, 2.05) is 6.92 Å². The van der Waals surface area contributed by atoms with E-state index in [0.29, 0.717) is 26.4 Å². The first kappa shape index (κ1) is 12.6. The fourth-order valence-corrected chi connectivity index (χ4v) is 2.66. The number of hydrogen-bond donors (Lipinski definition) is 1. The Morgan fingerprint density at radius 3 is 3.06 bits per heavy atom. The zero-order valence-corrected chi connectivity index (χ0v) is 11.8. The molecular formula is C8H7BrClN5OS. The van der Waals surface area contributed by atoms with Gasteiger partial charge in [-0.2, -0.15) is 0 Å².